The largest absolute Gasteiger partial charge is 0.493 e. The third-order valence-corrected chi connectivity index (χ3v) is 4.55. The van der Waals surface area contributed by atoms with E-state index >= 15 is 0 Å². The first-order valence-electron chi connectivity index (χ1n) is 8.87. The lowest BCUT2D eigenvalue weighted by molar-refractivity contribution is 0.0998. The fraction of sp³-hybridized carbons (Fsp3) is 0.0476. The van der Waals surface area contributed by atoms with E-state index < -0.39 is 0 Å². The summed E-state index contributed by atoms with van der Waals surface area (Å²) in [7, 11) is 1.56. The third-order valence-electron chi connectivity index (χ3n) is 4.55. The SMILES string of the molecule is COc1cccc2cc(C(=O)Nc3ccc(-c4ccc5nncn5n4)cc3)oc12. The van der Waals surface area contributed by atoms with Crippen molar-refractivity contribution in [1.82, 2.24) is 19.8 Å². The molecule has 8 nitrogen and oxygen atoms in total. The van der Waals surface area contributed by atoms with Crippen LogP contribution in [0.2, 0.25) is 0 Å². The fourth-order valence-electron chi connectivity index (χ4n) is 3.11. The average Bonchev–Trinajstić information content (AvgIpc) is 3.40. The van der Waals surface area contributed by atoms with Crippen molar-refractivity contribution in [2.45, 2.75) is 0 Å². The predicted molar refractivity (Wildman–Crippen MR) is 107 cm³/mol. The first-order valence-corrected chi connectivity index (χ1v) is 8.87. The quantitative estimate of drug-likeness (QED) is 0.506. The number of nitrogens with zero attached hydrogens (tertiary/aromatic N) is 4. The highest BCUT2D eigenvalue weighted by atomic mass is 16.5. The molecule has 8 heteroatoms. The van der Waals surface area contributed by atoms with Crippen LogP contribution in [0.15, 0.2) is 71.4 Å². The summed E-state index contributed by atoms with van der Waals surface area (Å²) >= 11 is 0. The van der Waals surface area contributed by atoms with Gasteiger partial charge in [0.25, 0.3) is 5.91 Å². The first-order chi connectivity index (χ1) is 14.2. The maximum atomic E-state index is 12.6. The van der Waals surface area contributed by atoms with E-state index in [-0.39, 0.29) is 11.7 Å². The van der Waals surface area contributed by atoms with Gasteiger partial charge in [-0.25, -0.2) is 0 Å². The smallest absolute Gasteiger partial charge is 0.291 e. The molecule has 0 aliphatic rings. The maximum absolute atomic E-state index is 12.6. The van der Waals surface area contributed by atoms with E-state index in [0.29, 0.717) is 22.7 Å². The van der Waals surface area contributed by atoms with Crippen LogP contribution in [0.1, 0.15) is 10.6 Å². The minimum atomic E-state index is -0.333. The van der Waals surface area contributed by atoms with Gasteiger partial charge < -0.3 is 14.5 Å². The van der Waals surface area contributed by atoms with Gasteiger partial charge in [0.2, 0.25) is 0 Å². The second kappa shape index (κ2) is 6.75. The second-order valence-electron chi connectivity index (χ2n) is 6.37. The number of benzene rings is 2. The highest BCUT2D eigenvalue weighted by Gasteiger charge is 2.15. The molecule has 5 rings (SSSR count). The number of para-hydroxylation sites is 1. The highest BCUT2D eigenvalue weighted by Crippen LogP contribution is 2.29. The number of fused-ring (bicyclic) bond motifs is 2. The van der Waals surface area contributed by atoms with Crippen LogP contribution in [-0.4, -0.2) is 32.8 Å². The number of hydrogen-bond donors (Lipinski definition) is 1. The number of ether oxygens (including phenoxy) is 1. The molecule has 0 aliphatic carbocycles. The molecule has 0 bridgehead atoms. The lowest BCUT2D eigenvalue weighted by Crippen LogP contribution is -2.10. The standard InChI is InChI=1S/C21H15N5O3/c1-28-17-4-2-3-14-11-18(29-20(14)17)21(27)23-15-7-5-13(6-8-15)16-9-10-19-24-22-12-26(19)25-16/h2-12H,1H3,(H,23,27). The van der Waals surface area contributed by atoms with E-state index in [9.17, 15) is 4.79 Å². The van der Waals surface area contributed by atoms with Crippen molar-refractivity contribution in [1.29, 1.82) is 0 Å². The highest BCUT2D eigenvalue weighted by molar-refractivity contribution is 6.05. The molecule has 0 fully saturated rings. The van der Waals surface area contributed by atoms with Gasteiger partial charge in [-0.1, -0.05) is 24.3 Å². The van der Waals surface area contributed by atoms with Crippen molar-refractivity contribution in [3.05, 3.63) is 72.8 Å². The Kier molecular flexibility index (Phi) is 3.94. The van der Waals surface area contributed by atoms with Gasteiger partial charge in [0.1, 0.15) is 6.33 Å². The normalized spacial score (nSPS) is 11.1. The number of methoxy groups -OCH3 is 1. The van der Waals surface area contributed by atoms with Crippen molar-refractivity contribution in [3.8, 4) is 17.0 Å². The van der Waals surface area contributed by atoms with Gasteiger partial charge in [0, 0.05) is 16.6 Å². The zero-order valence-electron chi connectivity index (χ0n) is 15.4. The Morgan fingerprint density at radius 3 is 2.79 bits per heavy atom. The van der Waals surface area contributed by atoms with Crippen LogP contribution < -0.4 is 10.1 Å². The van der Waals surface area contributed by atoms with Gasteiger partial charge in [0.05, 0.1) is 12.8 Å². The fourth-order valence-corrected chi connectivity index (χ4v) is 3.11. The summed E-state index contributed by atoms with van der Waals surface area (Å²) < 4.78 is 12.6. The van der Waals surface area contributed by atoms with Crippen molar-refractivity contribution in [2.75, 3.05) is 12.4 Å². The molecule has 0 unspecified atom stereocenters. The third kappa shape index (κ3) is 3.06. The van der Waals surface area contributed by atoms with Gasteiger partial charge in [0.15, 0.2) is 22.7 Å². The Bertz CT molecular complexity index is 1340. The van der Waals surface area contributed by atoms with E-state index in [2.05, 4.69) is 20.6 Å². The van der Waals surface area contributed by atoms with E-state index in [0.717, 1.165) is 16.6 Å². The molecule has 3 aromatic heterocycles. The van der Waals surface area contributed by atoms with Crippen molar-refractivity contribution in [2.24, 2.45) is 0 Å². The molecule has 0 saturated heterocycles. The minimum absolute atomic E-state index is 0.216. The molecule has 0 radical (unpaired) electrons. The molecular formula is C21H15N5O3. The molecule has 0 spiro atoms. The summed E-state index contributed by atoms with van der Waals surface area (Å²) in [6.45, 7) is 0. The van der Waals surface area contributed by atoms with Crippen molar-refractivity contribution < 1.29 is 13.9 Å². The van der Waals surface area contributed by atoms with Crippen LogP contribution in [0.3, 0.4) is 0 Å². The van der Waals surface area contributed by atoms with Crippen LogP contribution in [-0.2, 0) is 0 Å². The van der Waals surface area contributed by atoms with Gasteiger partial charge in [-0.3, -0.25) is 4.79 Å². The Hall–Kier alpha value is -4.20. The van der Waals surface area contributed by atoms with Crippen LogP contribution >= 0.6 is 0 Å². The van der Waals surface area contributed by atoms with Crippen LogP contribution in [0.5, 0.6) is 5.75 Å². The summed E-state index contributed by atoms with van der Waals surface area (Å²) in [4.78, 5) is 12.6. The molecule has 1 N–H and O–H groups in total. The molecule has 1 amide bonds. The van der Waals surface area contributed by atoms with Gasteiger partial charge in [-0.15, -0.1) is 10.2 Å². The summed E-state index contributed by atoms with van der Waals surface area (Å²) in [6.07, 6.45) is 1.55. The molecular weight excluding hydrogens is 370 g/mol. The Balaban J connectivity index is 1.37. The van der Waals surface area contributed by atoms with E-state index in [1.807, 2.05) is 48.5 Å². The zero-order valence-corrected chi connectivity index (χ0v) is 15.4. The Morgan fingerprint density at radius 2 is 1.97 bits per heavy atom. The Labute approximate surface area is 164 Å². The summed E-state index contributed by atoms with van der Waals surface area (Å²) in [6, 6.07) is 18.3. The molecule has 142 valence electrons. The number of nitrogens with one attached hydrogen (secondary N) is 1. The van der Waals surface area contributed by atoms with E-state index in [4.69, 9.17) is 9.15 Å². The summed E-state index contributed by atoms with van der Waals surface area (Å²) in [5.41, 5.74) is 3.56. The molecule has 0 aliphatic heterocycles. The number of amides is 1. The molecule has 3 heterocycles. The topological polar surface area (TPSA) is 94.5 Å². The van der Waals surface area contributed by atoms with E-state index in [1.165, 1.54) is 0 Å². The molecule has 0 atom stereocenters. The van der Waals surface area contributed by atoms with Crippen LogP contribution in [0.4, 0.5) is 5.69 Å². The average molecular weight is 385 g/mol. The summed E-state index contributed by atoms with van der Waals surface area (Å²) in [5.74, 6) is 0.469. The predicted octanol–water partition coefficient (Wildman–Crippen LogP) is 3.80. The number of carbonyl (C=O) groups excluding carboxylic acids is 1. The number of aromatic nitrogens is 4. The second-order valence-corrected chi connectivity index (χ2v) is 6.37. The number of furan rings is 1. The molecule has 29 heavy (non-hydrogen) atoms. The zero-order chi connectivity index (χ0) is 19.8. The number of rotatable bonds is 4. The summed E-state index contributed by atoms with van der Waals surface area (Å²) in [5, 5.41) is 15.9. The van der Waals surface area contributed by atoms with Crippen molar-refractivity contribution in [3.63, 3.8) is 0 Å². The van der Waals surface area contributed by atoms with Gasteiger partial charge in [-0.2, -0.15) is 9.61 Å². The lowest BCUT2D eigenvalue weighted by atomic mass is 10.1. The number of hydrogen-bond acceptors (Lipinski definition) is 6. The number of carbonyl (C=O) groups is 1. The lowest BCUT2D eigenvalue weighted by Gasteiger charge is -2.05. The maximum Gasteiger partial charge on any atom is 0.291 e. The monoisotopic (exact) mass is 385 g/mol. The van der Waals surface area contributed by atoms with Gasteiger partial charge >= 0.3 is 0 Å². The minimum Gasteiger partial charge on any atom is -0.493 e. The van der Waals surface area contributed by atoms with Crippen LogP contribution in [0.25, 0.3) is 27.9 Å². The molecule has 2 aromatic carbocycles. The number of anilines is 1. The van der Waals surface area contributed by atoms with Gasteiger partial charge in [-0.05, 0) is 36.4 Å². The van der Waals surface area contributed by atoms with Crippen molar-refractivity contribution >= 4 is 28.2 Å². The van der Waals surface area contributed by atoms with Crippen LogP contribution in [0, 0.1) is 0 Å². The molecule has 5 aromatic rings. The first kappa shape index (κ1) is 16.9. The van der Waals surface area contributed by atoms with E-state index in [1.54, 1.807) is 30.1 Å². The molecule has 0 saturated carbocycles. The Morgan fingerprint density at radius 1 is 1.10 bits per heavy atom.